The molecule has 0 saturated heterocycles. The lowest BCUT2D eigenvalue weighted by Crippen LogP contribution is -2.29. The van der Waals surface area contributed by atoms with Crippen molar-refractivity contribution in [2.75, 3.05) is 0 Å². The van der Waals surface area contributed by atoms with Gasteiger partial charge in [-0.3, -0.25) is 9.59 Å². The Hall–Kier alpha value is -1.43. The molecule has 1 heterocycles. The van der Waals surface area contributed by atoms with Gasteiger partial charge < -0.3 is 4.42 Å². The van der Waals surface area contributed by atoms with E-state index in [1.54, 1.807) is 0 Å². The molecule has 1 aromatic carbocycles. The fraction of sp³-hybridized carbons (Fsp3) is 0.400. The molecule has 0 fully saturated rings. The van der Waals surface area contributed by atoms with Gasteiger partial charge in [-0.05, 0) is 42.7 Å². The van der Waals surface area contributed by atoms with Gasteiger partial charge in [-0.15, -0.1) is 0 Å². The fourth-order valence-electron chi connectivity index (χ4n) is 4.23. The molecule has 0 spiro atoms. The summed E-state index contributed by atoms with van der Waals surface area (Å²) in [6, 6.07) is 4.10. The van der Waals surface area contributed by atoms with E-state index in [0.29, 0.717) is 21.3 Å². The Morgan fingerprint density at radius 3 is 2.58 bits per heavy atom. The van der Waals surface area contributed by atoms with Gasteiger partial charge in [0.2, 0.25) is 11.6 Å². The van der Waals surface area contributed by atoms with E-state index in [4.69, 9.17) is 4.42 Å². The Morgan fingerprint density at radius 2 is 1.88 bits per heavy atom. The number of furan rings is 1. The monoisotopic (exact) mass is 434 g/mol. The van der Waals surface area contributed by atoms with Crippen LogP contribution in [0.1, 0.15) is 69.9 Å². The van der Waals surface area contributed by atoms with Crippen LogP contribution in [0.15, 0.2) is 16.5 Å². The Balaban J connectivity index is 2.06. The van der Waals surface area contributed by atoms with E-state index < -0.39 is 5.78 Å². The van der Waals surface area contributed by atoms with Gasteiger partial charge in [-0.1, -0.05) is 48.6 Å². The van der Waals surface area contributed by atoms with Crippen molar-refractivity contribution in [3.05, 3.63) is 45.7 Å². The highest BCUT2D eigenvalue weighted by Crippen LogP contribution is 2.45. The highest BCUT2D eigenvalue weighted by molar-refractivity contribution is 14.1. The van der Waals surface area contributed by atoms with Gasteiger partial charge in [0.1, 0.15) is 11.5 Å². The summed E-state index contributed by atoms with van der Waals surface area (Å²) in [5, 5.41) is 0. The maximum absolute atomic E-state index is 12.9. The first kappa shape index (κ1) is 16.1. The molecule has 124 valence electrons. The lowest BCUT2D eigenvalue weighted by atomic mass is 9.69. The van der Waals surface area contributed by atoms with Gasteiger partial charge in [-0.25, -0.2) is 0 Å². The first-order valence-corrected chi connectivity index (χ1v) is 9.83. The van der Waals surface area contributed by atoms with E-state index >= 15 is 0 Å². The standard InChI is InChI=1S/C20H19IO3/c1-10-13(9-21)16-18(23)17(22)15-11-5-4-8-20(2,3)14(11)7-6-12(15)19(16)24-10/h6-7H,4-5,8-9H2,1-3H3. The third kappa shape index (κ3) is 2.01. The van der Waals surface area contributed by atoms with E-state index in [2.05, 4.69) is 42.5 Å². The number of benzene rings is 1. The molecule has 24 heavy (non-hydrogen) atoms. The minimum absolute atomic E-state index is 0.0403. The topological polar surface area (TPSA) is 47.3 Å². The van der Waals surface area contributed by atoms with Gasteiger partial charge in [0, 0.05) is 21.1 Å². The second-order valence-corrected chi connectivity index (χ2v) is 8.15. The molecule has 2 aliphatic rings. The second kappa shape index (κ2) is 5.28. The summed E-state index contributed by atoms with van der Waals surface area (Å²) in [5.74, 6) is 0.558. The molecule has 3 nitrogen and oxygen atoms in total. The van der Waals surface area contributed by atoms with Crippen molar-refractivity contribution in [3.63, 3.8) is 0 Å². The number of Topliss-reactive ketones (excluding diaryl/α,β-unsaturated/α-hetero) is 2. The van der Waals surface area contributed by atoms with Crippen molar-refractivity contribution >= 4 is 34.2 Å². The average Bonchev–Trinajstić information content (AvgIpc) is 2.88. The van der Waals surface area contributed by atoms with E-state index in [0.717, 1.165) is 41.7 Å². The molecule has 0 aliphatic heterocycles. The van der Waals surface area contributed by atoms with Crippen LogP contribution in [0.25, 0.3) is 11.3 Å². The number of carbonyl (C=O) groups excluding carboxylic acids is 2. The number of hydrogen-bond donors (Lipinski definition) is 0. The lowest BCUT2D eigenvalue weighted by Gasteiger charge is -2.34. The quantitative estimate of drug-likeness (QED) is 0.353. The Morgan fingerprint density at radius 1 is 1.17 bits per heavy atom. The van der Waals surface area contributed by atoms with Crippen LogP contribution in [-0.4, -0.2) is 11.6 Å². The predicted octanol–water partition coefficient (Wildman–Crippen LogP) is 5.18. The summed E-state index contributed by atoms with van der Waals surface area (Å²) < 4.78 is 6.60. The zero-order chi connectivity index (χ0) is 17.2. The van der Waals surface area contributed by atoms with Crippen LogP contribution in [0.2, 0.25) is 0 Å². The third-order valence-corrected chi connectivity index (χ3v) is 6.28. The van der Waals surface area contributed by atoms with Crippen molar-refractivity contribution in [3.8, 4) is 11.3 Å². The van der Waals surface area contributed by atoms with E-state index in [1.165, 1.54) is 5.56 Å². The Bertz CT molecular complexity index is 902. The maximum Gasteiger partial charge on any atom is 0.237 e. The minimum Gasteiger partial charge on any atom is -0.460 e. The molecule has 0 amide bonds. The molecule has 0 saturated carbocycles. The number of rotatable bonds is 1. The number of hydrogen-bond acceptors (Lipinski definition) is 3. The molecule has 0 unspecified atom stereocenters. The van der Waals surface area contributed by atoms with Crippen molar-refractivity contribution in [1.29, 1.82) is 0 Å². The van der Waals surface area contributed by atoms with Crippen molar-refractivity contribution in [1.82, 2.24) is 0 Å². The number of ketones is 2. The zero-order valence-corrected chi connectivity index (χ0v) is 16.2. The van der Waals surface area contributed by atoms with Gasteiger partial charge in [-0.2, -0.15) is 0 Å². The number of halogens is 1. The van der Waals surface area contributed by atoms with Crippen LogP contribution in [0.3, 0.4) is 0 Å². The predicted molar refractivity (Wildman–Crippen MR) is 101 cm³/mol. The highest BCUT2D eigenvalue weighted by atomic mass is 127. The zero-order valence-electron chi connectivity index (χ0n) is 14.1. The largest absolute Gasteiger partial charge is 0.460 e. The molecule has 2 aliphatic carbocycles. The van der Waals surface area contributed by atoms with Crippen LogP contribution < -0.4 is 0 Å². The van der Waals surface area contributed by atoms with Crippen LogP contribution in [0.5, 0.6) is 0 Å². The molecular weight excluding hydrogens is 415 g/mol. The SMILES string of the molecule is Cc1oc2c(c1CI)C(=O)C(=O)c1c-2ccc2c1CCCC2(C)C. The molecule has 0 bridgehead atoms. The van der Waals surface area contributed by atoms with E-state index in [1.807, 2.05) is 13.0 Å². The van der Waals surface area contributed by atoms with Crippen LogP contribution in [-0.2, 0) is 16.3 Å². The fourth-order valence-corrected chi connectivity index (χ4v) is 5.15. The minimum atomic E-state index is -0.405. The summed E-state index contributed by atoms with van der Waals surface area (Å²) in [6.07, 6.45) is 3.00. The van der Waals surface area contributed by atoms with E-state index in [-0.39, 0.29) is 11.2 Å². The maximum atomic E-state index is 12.9. The van der Waals surface area contributed by atoms with E-state index in [9.17, 15) is 9.59 Å². The van der Waals surface area contributed by atoms with Gasteiger partial charge >= 0.3 is 0 Å². The van der Waals surface area contributed by atoms with Crippen LogP contribution in [0.4, 0.5) is 0 Å². The van der Waals surface area contributed by atoms with Gasteiger partial charge in [0.05, 0.1) is 5.56 Å². The highest BCUT2D eigenvalue weighted by Gasteiger charge is 2.40. The second-order valence-electron chi connectivity index (χ2n) is 7.38. The first-order valence-electron chi connectivity index (χ1n) is 8.31. The average molecular weight is 434 g/mol. The number of aryl methyl sites for hydroxylation is 1. The van der Waals surface area contributed by atoms with Gasteiger partial charge in [0.15, 0.2) is 0 Å². The van der Waals surface area contributed by atoms with Crippen LogP contribution in [0, 0.1) is 6.92 Å². The molecule has 2 aromatic rings. The molecule has 0 N–H and O–H groups in total. The first-order chi connectivity index (χ1) is 11.4. The molecule has 0 atom stereocenters. The normalized spacial score (nSPS) is 18.2. The summed E-state index contributed by atoms with van der Waals surface area (Å²) in [7, 11) is 0. The van der Waals surface area contributed by atoms with Crippen molar-refractivity contribution < 1.29 is 14.0 Å². The number of carbonyl (C=O) groups is 2. The van der Waals surface area contributed by atoms with Crippen molar-refractivity contribution in [2.45, 2.75) is 49.9 Å². The smallest absolute Gasteiger partial charge is 0.237 e. The summed E-state index contributed by atoms with van der Waals surface area (Å²) in [4.78, 5) is 25.8. The third-order valence-electron chi connectivity index (χ3n) is 5.52. The molecule has 4 rings (SSSR count). The number of fused-ring (bicyclic) bond motifs is 5. The summed E-state index contributed by atoms with van der Waals surface area (Å²) in [5.41, 5.74) is 5.02. The molecule has 0 radical (unpaired) electrons. The Kier molecular flexibility index (Phi) is 3.53. The summed E-state index contributed by atoms with van der Waals surface area (Å²) >= 11 is 2.21. The molecular formula is C20H19IO3. The lowest BCUT2D eigenvalue weighted by molar-refractivity contribution is 0.0813. The summed E-state index contributed by atoms with van der Waals surface area (Å²) in [6.45, 7) is 6.29. The molecule has 1 aromatic heterocycles. The van der Waals surface area contributed by atoms with Crippen molar-refractivity contribution in [2.24, 2.45) is 0 Å². The number of alkyl halides is 1. The van der Waals surface area contributed by atoms with Gasteiger partial charge in [0.25, 0.3) is 0 Å². The molecule has 4 heteroatoms. The van der Waals surface area contributed by atoms with Crippen LogP contribution >= 0.6 is 22.6 Å². The Labute approximate surface area is 155 Å².